The fourth-order valence-electron chi connectivity index (χ4n) is 1.85. The molecule has 1 rings (SSSR count). The van der Waals surface area contributed by atoms with Gasteiger partial charge < -0.3 is 9.47 Å². The van der Waals surface area contributed by atoms with Gasteiger partial charge in [0.15, 0.2) is 0 Å². The molecule has 0 fully saturated rings. The molecule has 0 amide bonds. The van der Waals surface area contributed by atoms with Crippen molar-refractivity contribution in [1.29, 1.82) is 0 Å². The van der Waals surface area contributed by atoms with Crippen LogP contribution < -0.4 is 0 Å². The Morgan fingerprint density at radius 3 is 1.70 bits per heavy atom. The van der Waals surface area contributed by atoms with Crippen molar-refractivity contribution in [2.24, 2.45) is 11.8 Å². The zero-order chi connectivity index (χ0) is 17.4. The maximum atomic E-state index is 12.4. The van der Waals surface area contributed by atoms with Crippen LogP contribution in [0.15, 0.2) is 35.9 Å². The molecule has 1 aromatic rings. The molecule has 0 bridgehead atoms. The average molecular weight is 318 g/mol. The van der Waals surface area contributed by atoms with E-state index in [0.29, 0.717) is 5.57 Å². The van der Waals surface area contributed by atoms with Gasteiger partial charge in [0.1, 0.15) is 5.57 Å². The third-order valence-electron chi connectivity index (χ3n) is 3.09. The lowest BCUT2D eigenvalue weighted by Crippen LogP contribution is -2.22. The van der Waals surface area contributed by atoms with Crippen LogP contribution in [0.3, 0.4) is 0 Å². The Labute approximate surface area is 138 Å². The zero-order valence-electron chi connectivity index (χ0n) is 14.6. The van der Waals surface area contributed by atoms with Crippen molar-refractivity contribution in [2.45, 2.75) is 34.6 Å². The lowest BCUT2D eigenvalue weighted by Gasteiger charge is -2.14. The average Bonchev–Trinajstić information content (AvgIpc) is 2.51. The van der Waals surface area contributed by atoms with E-state index in [1.807, 2.05) is 58.0 Å². The molecular formula is C19H26O4. The van der Waals surface area contributed by atoms with Crippen LogP contribution in [0, 0.1) is 11.8 Å². The fourth-order valence-corrected chi connectivity index (χ4v) is 1.85. The number of hydrogen-bond donors (Lipinski definition) is 0. The minimum Gasteiger partial charge on any atom is -0.462 e. The summed E-state index contributed by atoms with van der Waals surface area (Å²) in [7, 11) is 0. The Hall–Kier alpha value is -2.10. The predicted molar refractivity (Wildman–Crippen MR) is 90.6 cm³/mol. The first kappa shape index (κ1) is 18.9. The third-order valence-corrected chi connectivity index (χ3v) is 3.09. The van der Waals surface area contributed by atoms with Crippen LogP contribution in [-0.4, -0.2) is 25.2 Å². The van der Waals surface area contributed by atoms with Crippen LogP contribution in [-0.2, 0) is 19.1 Å². The van der Waals surface area contributed by atoms with Crippen molar-refractivity contribution in [2.75, 3.05) is 13.2 Å². The normalized spacial score (nSPS) is 10.6. The van der Waals surface area contributed by atoms with Crippen molar-refractivity contribution < 1.29 is 19.1 Å². The molecule has 4 nitrogen and oxygen atoms in total. The molecule has 0 unspecified atom stereocenters. The van der Waals surface area contributed by atoms with Gasteiger partial charge in [0, 0.05) is 0 Å². The first-order valence-electron chi connectivity index (χ1n) is 7.93. The molecule has 126 valence electrons. The molecule has 0 saturated carbocycles. The second kappa shape index (κ2) is 9.13. The Bertz CT molecular complexity index is 530. The van der Waals surface area contributed by atoms with E-state index >= 15 is 0 Å². The molecule has 4 heteroatoms. The van der Waals surface area contributed by atoms with Crippen molar-refractivity contribution in [3.63, 3.8) is 0 Å². The molecule has 0 saturated heterocycles. The summed E-state index contributed by atoms with van der Waals surface area (Å²) in [5, 5.41) is 0. The highest BCUT2D eigenvalue weighted by Crippen LogP contribution is 2.21. The van der Waals surface area contributed by atoms with Gasteiger partial charge in [0.05, 0.1) is 13.2 Å². The van der Waals surface area contributed by atoms with E-state index in [9.17, 15) is 9.59 Å². The van der Waals surface area contributed by atoms with E-state index in [-0.39, 0.29) is 30.6 Å². The highest BCUT2D eigenvalue weighted by molar-refractivity contribution is 6.19. The van der Waals surface area contributed by atoms with Gasteiger partial charge in [0.25, 0.3) is 0 Å². The monoisotopic (exact) mass is 318 g/mol. The molecule has 0 aliphatic heterocycles. The molecule has 23 heavy (non-hydrogen) atoms. The van der Waals surface area contributed by atoms with Gasteiger partial charge in [0.2, 0.25) is 0 Å². The zero-order valence-corrected chi connectivity index (χ0v) is 14.6. The fraction of sp³-hybridized carbons (Fsp3) is 0.474. The number of benzene rings is 1. The predicted octanol–water partition coefficient (Wildman–Crippen LogP) is 3.86. The first-order valence-corrected chi connectivity index (χ1v) is 7.93. The first-order chi connectivity index (χ1) is 10.8. The van der Waals surface area contributed by atoms with Gasteiger partial charge in [-0.15, -0.1) is 0 Å². The van der Waals surface area contributed by atoms with E-state index in [1.54, 1.807) is 6.92 Å². The van der Waals surface area contributed by atoms with Crippen molar-refractivity contribution >= 4 is 17.5 Å². The number of carbonyl (C=O) groups excluding carboxylic acids is 2. The van der Waals surface area contributed by atoms with Gasteiger partial charge in [-0.3, -0.25) is 0 Å². The summed E-state index contributed by atoms with van der Waals surface area (Å²) in [6.07, 6.45) is 0. The van der Waals surface area contributed by atoms with Crippen LogP contribution >= 0.6 is 0 Å². The maximum absolute atomic E-state index is 12.4. The number of esters is 2. The van der Waals surface area contributed by atoms with Crippen LogP contribution in [0.25, 0.3) is 5.57 Å². The Morgan fingerprint density at radius 1 is 0.870 bits per heavy atom. The molecule has 0 aliphatic rings. The van der Waals surface area contributed by atoms with Crippen molar-refractivity contribution in [3.8, 4) is 0 Å². The quantitative estimate of drug-likeness (QED) is 0.331. The van der Waals surface area contributed by atoms with Crippen LogP contribution in [0.1, 0.15) is 40.2 Å². The molecule has 0 aromatic heterocycles. The summed E-state index contributed by atoms with van der Waals surface area (Å²) in [4.78, 5) is 24.7. The molecule has 0 atom stereocenters. The molecule has 0 N–H and O–H groups in total. The largest absolute Gasteiger partial charge is 0.462 e. The topological polar surface area (TPSA) is 52.6 Å². The summed E-state index contributed by atoms with van der Waals surface area (Å²) in [5.41, 5.74) is 1.33. The maximum Gasteiger partial charge on any atom is 0.345 e. The van der Waals surface area contributed by atoms with Crippen molar-refractivity contribution in [3.05, 3.63) is 41.5 Å². The summed E-state index contributed by atoms with van der Waals surface area (Å²) >= 11 is 0. The minimum absolute atomic E-state index is 0.0301. The van der Waals surface area contributed by atoms with Gasteiger partial charge in [-0.1, -0.05) is 58.0 Å². The molecule has 1 aromatic carbocycles. The van der Waals surface area contributed by atoms with Crippen LogP contribution in [0.2, 0.25) is 0 Å². The Morgan fingerprint density at radius 2 is 1.30 bits per heavy atom. The van der Waals surface area contributed by atoms with E-state index < -0.39 is 11.9 Å². The SMILES string of the molecule is CC(=C(C(=O)OCC(C)C)C(=O)OCC(C)C)c1ccccc1. The van der Waals surface area contributed by atoms with Crippen molar-refractivity contribution in [1.82, 2.24) is 0 Å². The number of rotatable bonds is 7. The van der Waals surface area contributed by atoms with E-state index in [4.69, 9.17) is 9.47 Å². The summed E-state index contributed by atoms with van der Waals surface area (Å²) < 4.78 is 10.5. The number of hydrogen-bond acceptors (Lipinski definition) is 4. The highest BCUT2D eigenvalue weighted by atomic mass is 16.6. The molecule has 0 aliphatic carbocycles. The van der Waals surface area contributed by atoms with Gasteiger partial charge in [-0.2, -0.15) is 0 Å². The number of carbonyl (C=O) groups is 2. The lowest BCUT2D eigenvalue weighted by atomic mass is 10.0. The van der Waals surface area contributed by atoms with E-state index in [1.165, 1.54) is 0 Å². The minimum atomic E-state index is -0.631. The van der Waals surface area contributed by atoms with E-state index in [0.717, 1.165) is 5.56 Å². The Kier molecular flexibility index (Phi) is 7.52. The standard InChI is InChI=1S/C19H26O4/c1-13(2)11-22-18(20)17(19(21)23-12-14(3)4)15(5)16-9-7-6-8-10-16/h6-10,13-14H,11-12H2,1-5H3. The highest BCUT2D eigenvalue weighted by Gasteiger charge is 2.25. The summed E-state index contributed by atoms with van der Waals surface area (Å²) in [5.74, 6) is -0.865. The summed E-state index contributed by atoms with van der Waals surface area (Å²) in [6.45, 7) is 10.0. The van der Waals surface area contributed by atoms with Gasteiger partial charge >= 0.3 is 11.9 Å². The van der Waals surface area contributed by atoms with Gasteiger partial charge in [-0.05, 0) is 29.9 Å². The second-order valence-corrected chi connectivity index (χ2v) is 6.35. The van der Waals surface area contributed by atoms with Gasteiger partial charge in [-0.25, -0.2) is 9.59 Å². The molecule has 0 spiro atoms. The van der Waals surface area contributed by atoms with Crippen LogP contribution in [0.5, 0.6) is 0 Å². The smallest absolute Gasteiger partial charge is 0.345 e. The van der Waals surface area contributed by atoms with E-state index in [2.05, 4.69) is 0 Å². The number of allylic oxidation sites excluding steroid dienone is 1. The molecule has 0 radical (unpaired) electrons. The van der Waals surface area contributed by atoms with Crippen LogP contribution in [0.4, 0.5) is 0 Å². The lowest BCUT2D eigenvalue weighted by molar-refractivity contribution is -0.148. The second-order valence-electron chi connectivity index (χ2n) is 6.35. The third kappa shape index (κ3) is 6.27. The molecule has 0 heterocycles. The molecular weight excluding hydrogens is 292 g/mol. The Balaban J connectivity index is 3.10. The summed E-state index contributed by atoms with van der Waals surface area (Å²) in [6, 6.07) is 9.29. The number of ether oxygens (including phenoxy) is 2.